The molecule has 1 heterocycles. The van der Waals surface area contributed by atoms with Crippen molar-refractivity contribution in [3.63, 3.8) is 0 Å². The van der Waals surface area contributed by atoms with Gasteiger partial charge in [0, 0.05) is 11.1 Å². The number of imidazole rings is 1. The predicted octanol–water partition coefficient (Wildman–Crippen LogP) is 2.56. The Morgan fingerprint density at radius 3 is 2.29 bits per heavy atom. The van der Waals surface area contributed by atoms with E-state index in [0.717, 1.165) is 11.1 Å². The van der Waals surface area contributed by atoms with Crippen molar-refractivity contribution in [3.05, 3.63) is 33.2 Å². The normalized spacial score (nSPS) is 14.2. The summed E-state index contributed by atoms with van der Waals surface area (Å²) in [6.45, 7) is 6.16. The third kappa shape index (κ3) is 2.23. The molecular formula is C12H16ClN3O. The highest BCUT2D eigenvalue weighted by molar-refractivity contribution is 6.32. The fourth-order valence-electron chi connectivity index (χ4n) is 1.78. The van der Waals surface area contributed by atoms with E-state index in [1.807, 2.05) is 6.07 Å². The van der Waals surface area contributed by atoms with Gasteiger partial charge < -0.3 is 15.7 Å². The van der Waals surface area contributed by atoms with Gasteiger partial charge in [0.1, 0.15) is 0 Å². The molecule has 0 fully saturated rings. The molecule has 1 unspecified atom stereocenters. The molecule has 17 heavy (non-hydrogen) atoms. The highest BCUT2D eigenvalue weighted by atomic mass is 35.5. The maximum absolute atomic E-state index is 11.2. The van der Waals surface area contributed by atoms with Gasteiger partial charge in [0.2, 0.25) is 0 Å². The lowest BCUT2D eigenvalue weighted by Gasteiger charge is -2.28. The molecule has 0 saturated heterocycles. The van der Waals surface area contributed by atoms with Crippen molar-refractivity contribution < 1.29 is 0 Å². The number of nitrogens with two attached hydrogens (primary N) is 1. The van der Waals surface area contributed by atoms with E-state index < -0.39 is 0 Å². The first-order chi connectivity index (χ1) is 7.79. The summed E-state index contributed by atoms with van der Waals surface area (Å²) in [6.07, 6.45) is 0. The summed E-state index contributed by atoms with van der Waals surface area (Å²) in [5.74, 6) is 0. The molecule has 1 aromatic heterocycles. The van der Waals surface area contributed by atoms with Crippen LogP contribution in [0.2, 0.25) is 5.02 Å². The molecule has 0 aliphatic carbocycles. The van der Waals surface area contributed by atoms with E-state index in [1.54, 1.807) is 6.07 Å². The van der Waals surface area contributed by atoms with Crippen LogP contribution in [0.3, 0.4) is 0 Å². The van der Waals surface area contributed by atoms with E-state index in [2.05, 4.69) is 30.7 Å². The van der Waals surface area contributed by atoms with E-state index in [0.29, 0.717) is 10.5 Å². The molecule has 2 rings (SSSR count). The van der Waals surface area contributed by atoms with Gasteiger partial charge in [-0.25, -0.2) is 4.79 Å². The van der Waals surface area contributed by atoms with Crippen LogP contribution >= 0.6 is 11.6 Å². The summed E-state index contributed by atoms with van der Waals surface area (Å²) in [6, 6.07) is 3.39. The van der Waals surface area contributed by atoms with Crippen LogP contribution in [0, 0.1) is 5.41 Å². The smallest absolute Gasteiger partial charge is 0.323 e. The summed E-state index contributed by atoms with van der Waals surface area (Å²) in [4.78, 5) is 16.6. The van der Waals surface area contributed by atoms with E-state index >= 15 is 0 Å². The molecule has 0 saturated carbocycles. The summed E-state index contributed by atoms with van der Waals surface area (Å²) in [5.41, 5.74) is 8.13. The average molecular weight is 254 g/mol. The van der Waals surface area contributed by atoms with E-state index in [4.69, 9.17) is 17.3 Å². The highest BCUT2D eigenvalue weighted by Crippen LogP contribution is 2.35. The number of H-pyrrole nitrogens is 2. The molecule has 92 valence electrons. The zero-order valence-corrected chi connectivity index (χ0v) is 10.9. The van der Waals surface area contributed by atoms with Gasteiger partial charge in [-0.3, -0.25) is 0 Å². The number of fused-ring (bicyclic) bond motifs is 1. The molecule has 1 atom stereocenters. The number of benzene rings is 1. The van der Waals surface area contributed by atoms with Crippen LogP contribution in [-0.4, -0.2) is 9.97 Å². The second kappa shape index (κ2) is 3.89. The minimum absolute atomic E-state index is 0.0894. The lowest BCUT2D eigenvalue weighted by atomic mass is 9.83. The Balaban J connectivity index is 2.61. The maximum atomic E-state index is 11.2. The number of rotatable bonds is 1. The van der Waals surface area contributed by atoms with Crippen LogP contribution in [0.5, 0.6) is 0 Å². The number of hydrogen-bond donors (Lipinski definition) is 3. The van der Waals surface area contributed by atoms with Gasteiger partial charge in [0.25, 0.3) is 0 Å². The molecule has 0 spiro atoms. The van der Waals surface area contributed by atoms with Crippen LogP contribution in [0.25, 0.3) is 11.0 Å². The number of nitrogens with one attached hydrogen (secondary N) is 2. The topological polar surface area (TPSA) is 74.7 Å². The molecule has 0 radical (unpaired) electrons. The highest BCUT2D eigenvalue weighted by Gasteiger charge is 2.24. The third-order valence-electron chi connectivity index (χ3n) is 2.90. The Hall–Kier alpha value is -1.26. The Labute approximate surface area is 104 Å². The fourth-order valence-corrected chi connectivity index (χ4v) is 2.06. The first-order valence-corrected chi connectivity index (χ1v) is 5.84. The second-order valence-electron chi connectivity index (χ2n) is 5.34. The first-order valence-electron chi connectivity index (χ1n) is 5.46. The first kappa shape index (κ1) is 12.2. The summed E-state index contributed by atoms with van der Waals surface area (Å²) < 4.78 is 0. The molecule has 0 bridgehead atoms. The maximum Gasteiger partial charge on any atom is 0.323 e. The van der Waals surface area contributed by atoms with Gasteiger partial charge in [0.15, 0.2) is 0 Å². The zero-order valence-electron chi connectivity index (χ0n) is 10.1. The number of halogens is 1. The van der Waals surface area contributed by atoms with Crippen molar-refractivity contribution in [1.82, 2.24) is 9.97 Å². The van der Waals surface area contributed by atoms with Crippen molar-refractivity contribution in [1.29, 1.82) is 0 Å². The van der Waals surface area contributed by atoms with Gasteiger partial charge >= 0.3 is 5.69 Å². The van der Waals surface area contributed by atoms with Gasteiger partial charge in [-0.1, -0.05) is 32.4 Å². The number of aromatic amines is 2. The molecule has 0 amide bonds. The minimum Gasteiger partial charge on any atom is -0.323 e. The zero-order chi connectivity index (χ0) is 12.8. The average Bonchev–Trinajstić information content (AvgIpc) is 2.53. The van der Waals surface area contributed by atoms with Crippen molar-refractivity contribution in [2.75, 3.05) is 0 Å². The summed E-state index contributed by atoms with van der Waals surface area (Å²) in [7, 11) is 0. The Morgan fingerprint density at radius 1 is 1.24 bits per heavy atom. The summed E-state index contributed by atoms with van der Waals surface area (Å²) in [5, 5.41) is 0.579. The van der Waals surface area contributed by atoms with Gasteiger partial charge in [-0.05, 0) is 23.1 Å². The molecule has 4 nitrogen and oxygen atoms in total. The lowest BCUT2D eigenvalue weighted by molar-refractivity contribution is 0.327. The molecule has 5 heteroatoms. The van der Waals surface area contributed by atoms with Crippen LogP contribution in [0.4, 0.5) is 0 Å². The van der Waals surface area contributed by atoms with Crippen LogP contribution in [0.15, 0.2) is 16.9 Å². The quantitative estimate of drug-likeness (QED) is 0.731. The molecule has 4 N–H and O–H groups in total. The van der Waals surface area contributed by atoms with E-state index in [1.165, 1.54) is 0 Å². The van der Waals surface area contributed by atoms with Crippen LogP contribution in [0.1, 0.15) is 32.4 Å². The molecule has 0 aliphatic heterocycles. The number of aromatic nitrogens is 2. The van der Waals surface area contributed by atoms with Crippen LogP contribution in [-0.2, 0) is 0 Å². The molecule has 0 aliphatic rings. The number of hydrogen-bond acceptors (Lipinski definition) is 2. The summed E-state index contributed by atoms with van der Waals surface area (Å²) >= 11 is 6.20. The van der Waals surface area contributed by atoms with E-state index in [-0.39, 0.29) is 17.1 Å². The fraction of sp³-hybridized carbons (Fsp3) is 0.417. The Kier molecular flexibility index (Phi) is 2.79. The Morgan fingerprint density at radius 2 is 1.76 bits per heavy atom. The second-order valence-corrected chi connectivity index (χ2v) is 5.75. The van der Waals surface area contributed by atoms with Crippen LogP contribution < -0.4 is 11.4 Å². The SMILES string of the molecule is CC(C)(C)C(N)c1cc2[nH]c(=O)[nH]c2cc1Cl. The molecule has 1 aromatic carbocycles. The molecule has 2 aromatic rings. The van der Waals surface area contributed by atoms with Gasteiger partial charge in [0.05, 0.1) is 11.0 Å². The molecular weight excluding hydrogens is 238 g/mol. The lowest BCUT2D eigenvalue weighted by Crippen LogP contribution is -2.26. The minimum atomic E-state index is -0.238. The van der Waals surface area contributed by atoms with E-state index in [9.17, 15) is 4.79 Å². The van der Waals surface area contributed by atoms with Crippen molar-refractivity contribution in [2.45, 2.75) is 26.8 Å². The van der Waals surface area contributed by atoms with Crippen molar-refractivity contribution in [3.8, 4) is 0 Å². The van der Waals surface area contributed by atoms with Crippen molar-refractivity contribution >= 4 is 22.6 Å². The Bertz CT molecular complexity index is 606. The van der Waals surface area contributed by atoms with Crippen molar-refractivity contribution in [2.24, 2.45) is 11.1 Å². The van der Waals surface area contributed by atoms with Gasteiger partial charge in [-0.15, -0.1) is 0 Å². The standard InChI is InChI=1S/C12H16ClN3O/c1-12(2,3)10(14)6-4-8-9(5-7(6)13)16-11(17)15-8/h4-5,10H,14H2,1-3H3,(H2,15,16,17). The third-order valence-corrected chi connectivity index (χ3v) is 3.23. The van der Waals surface area contributed by atoms with Gasteiger partial charge in [-0.2, -0.15) is 0 Å². The predicted molar refractivity (Wildman–Crippen MR) is 70.3 cm³/mol. The monoisotopic (exact) mass is 253 g/mol. The largest absolute Gasteiger partial charge is 0.323 e.